The van der Waals surface area contributed by atoms with E-state index in [1.54, 1.807) is 0 Å². The molecular formula is C14H13N3O3. The van der Waals surface area contributed by atoms with Crippen LogP contribution in [0, 0.1) is 0 Å². The second kappa shape index (κ2) is 4.80. The van der Waals surface area contributed by atoms with Crippen LogP contribution >= 0.6 is 0 Å². The van der Waals surface area contributed by atoms with Crippen LogP contribution in [0.3, 0.4) is 0 Å². The van der Waals surface area contributed by atoms with Crippen molar-refractivity contribution in [2.45, 2.75) is 19.0 Å². The fourth-order valence-electron chi connectivity index (χ4n) is 2.48. The number of hydrogen-bond acceptors (Lipinski definition) is 3. The highest BCUT2D eigenvalue weighted by Gasteiger charge is 2.35. The maximum atomic E-state index is 12.4. The van der Waals surface area contributed by atoms with E-state index in [1.807, 2.05) is 24.3 Å². The lowest BCUT2D eigenvalue weighted by Gasteiger charge is -2.34. The number of rotatable bonds is 2. The number of benzene rings is 1. The molecule has 6 heteroatoms. The lowest BCUT2D eigenvalue weighted by molar-refractivity contribution is -0.142. The standard InChI is InChI=1S/C14H13N3O3/c18-13(11-6-15-8-16-11)17-7-10-4-2-1-3-9(10)5-12(17)14(19)20/h1-4,6,8,12H,5,7H2,(H,15,16)(H,19,20)/t12-/m1/s1. The SMILES string of the molecule is O=C(O)[C@H]1Cc2ccccc2CN1C(=O)c1cnc[nH]1. The van der Waals surface area contributed by atoms with Gasteiger partial charge in [-0.05, 0) is 11.1 Å². The van der Waals surface area contributed by atoms with Crippen molar-refractivity contribution in [3.05, 3.63) is 53.6 Å². The summed E-state index contributed by atoms with van der Waals surface area (Å²) in [5.41, 5.74) is 2.27. The Balaban J connectivity index is 1.96. The predicted molar refractivity (Wildman–Crippen MR) is 70.0 cm³/mol. The smallest absolute Gasteiger partial charge is 0.326 e. The fourth-order valence-corrected chi connectivity index (χ4v) is 2.48. The van der Waals surface area contributed by atoms with E-state index in [2.05, 4.69) is 9.97 Å². The number of carboxylic acid groups (broad SMARTS) is 1. The van der Waals surface area contributed by atoms with Gasteiger partial charge in [-0.3, -0.25) is 4.79 Å². The molecule has 0 saturated heterocycles. The molecule has 0 unspecified atom stereocenters. The first kappa shape index (κ1) is 12.4. The number of amides is 1. The first-order valence-corrected chi connectivity index (χ1v) is 6.26. The minimum absolute atomic E-state index is 0.297. The first-order valence-electron chi connectivity index (χ1n) is 6.26. The van der Waals surface area contributed by atoms with Gasteiger partial charge in [0.15, 0.2) is 0 Å². The van der Waals surface area contributed by atoms with Gasteiger partial charge in [0.25, 0.3) is 5.91 Å². The third-order valence-corrected chi connectivity index (χ3v) is 3.52. The summed E-state index contributed by atoms with van der Waals surface area (Å²) in [5, 5.41) is 9.36. The summed E-state index contributed by atoms with van der Waals surface area (Å²) in [7, 11) is 0. The van der Waals surface area contributed by atoms with Gasteiger partial charge in [-0.1, -0.05) is 24.3 Å². The van der Waals surface area contributed by atoms with Gasteiger partial charge in [-0.2, -0.15) is 0 Å². The molecule has 0 spiro atoms. The number of carbonyl (C=O) groups excluding carboxylic acids is 1. The highest BCUT2D eigenvalue weighted by Crippen LogP contribution is 2.24. The number of imidazole rings is 1. The summed E-state index contributed by atoms with van der Waals surface area (Å²) in [6, 6.07) is 6.74. The molecule has 0 bridgehead atoms. The van der Waals surface area contributed by atoms with Crippen LogP contribution < -0.4 is 0 Å². The second-order valence-corrected chi connectivity index (χ2v) is 4.73. The molecule has 102 valence electrons. The molecule has 2 heterocycles. The van der Waals surface area contributed by atoms with Gasteiger partial charge < -0.3 is 15.0 Å². The highest BCUT2D eigenvalue weighted by molar-refractivity contribution is 5.95. The number of hydrogen-bond donors (Lipinski definition) is 2. The van der Waals surface area contributed by atoms with Crippen LogP contribution in [0.25, 0.3) is 0 Å². The number of aromatic amines is 1. The Morgan fingerprint density at radius 1 is 1.30 bits per heavy atom. The fraction of sp³-hybridized carbons (Fsp3) is 0.214. The Morgan fingerprint density at radius 3 is 2.70 bits per heavy atom. The van der Waals surface area contributed by atoms with Crippen LogP contribution in [-0.2, 0) is 17.8 Å². The molecule has 1 aromatic heterocycles. The molecule has 1 atom stereocenters. The van der Waals surface area contributed by atoms with Gasteiger partial charge in [0.2, 0.25) is 0 Å². The largest absolute Gasteiger partial charge is 0.480 e. The van der Waals surface area contributed by atoms with Gasteiger partial charge in [-0.15, -0.1) is 0 Å². The Morgan fingerprint density at radius 2 is 2.05 bits per heavy atom. The molecule has 0 fully saturated rings. The van der Waals surface area contributed by atoms with Crippen LogP contribution in [0.2, 0.25) is 0 Å². The molecule has 1 aliphatic heterocycles. The van der Waals surface area contributed by atoms with Gasteiger partial charge in [-0.25, -0.2) is 9.78 Å². The molecule has 2 aromatic rings. The zero-order valence-corrected chi connectivity index (χ0v) is 10.6. The van der Waals surface area contributed by atoms with Gasteiger partial charge in [0, 0.05) is 13.0 Å². The molecule has 20 heavy (non-hydrogen) atoms. The van der Waals surface area contributed by atoms with Crippen molar-refractivity contribution in [1.82, 2.24) is 14.9 Å². The van der Waals surface area contributed by atoms with Crippen LogP contribution in [-0.4, -0.2) is 37.9 Å². The van der Waals surface area contributed by atoms with Gasteiger partial charge in [0.05, 0.1) is 12.5 Å². The first-order chi connectivity index (χ1) is 9.66. The van der Waals surface area contributed by atoms with E-state index >= 15 is 0 Å². The van der Waals surface area contributed by atoms with Crippen LogP contribution in [0.4, 0.5) is 0 Å². The van der Waals surface area contributed by atoms with Gasteiger partial charge >= 0.3 is 5.97 Å². The molecule has 1 aliphatic rings. The van der Waals surface area contributed by atoms with Crippen LogP contribution in [0.15, 0.2) is 36.8 Å². The molecule has 2 N–H and O–H groups in total. The molecule has 0 aliphatic carbocycles. The quantitative estimate of drug-likeness (QED) is 0.855. The van der Waals surface area contributed by atoms with E-state index in [9.17, 15) is 14.7 Å². The topological polar surface area (TPSA) is 86.3 Å². The van der Waals surface area contributed by atoms with Gasteiger partial charge in [0.1, 0.15) is 11.7 Å². The average Bonchev–Trinajstić information content (AvgIpc) is 2.99. The molecular weight excluding hydrogens is 258 g/mol. The maximum absolute atomic E-state index is 12.4. The van der Waals surface area contributed by atoms with Crippen molar-refractivity contribution in [2.75, 3.05) is 0 Å². The number of aliphatic carboxylic acids is 1. The van der Waals surface area contributed by atoms with E-state index < -0.39 is 12.0 Å². The normalized spacial score (nSPS) is 17.6. The minimum Gasteiger partial charge on any atom is -0.480 e. The zero-order chi connectivity index (χ0) is 14.1. The van der Waals surface area contributed by atoms with Crippen molar-refractivity contribution in [3.8, 4) is 0 Å². The number of carboxylic acids is 1. The number of aromatic nitrogens is 2. The summed E-state index contributed by atoms with van der Waals surface area (Å²) in [5.74, 6) is -1.34. The highest BCUT2D eigenvalue weighted by atomic mass is 16.4. The van der Waals surface area contributed by atoms with Crippen molar-refractivity contribution in [3.63, 3.8) is 0 Å². The van der Waals surface area contributed by atoms with Crippen molar-refractivity contribution in [2.24, 2.45) is 0 Å². The zero-order valence-electron chi connectivity index (χ0n) is 10.6. The molecule has 6 nitrogen and oxygen atoms in total. The predicted octanol–water partition coefficient (Wildman–Crippen LogP) is 1.06. The van der Waals surface area contributed by atoms with E-state index in [0.29, 0.717) is 18.7 Å². The number of fused-ring (bicyclic) bond motifs is 1. The summed E-state index contributed by atoms with van der Waals surface area (Å²) >= 11 is 0. The van der Waals surface area contributed by atoms with Crippen LogP contribution in [0.5, 0.6) is 0 Å². The average molecular weight is 271 g/mol. The monoisotopic (exact) mass is 271 g/mol. The number of carbonyl (C=O) groups is 2. The number of H-pyrrole nitrogens is 1. The maximum Gasteiger partial charge on any atom is 0.326 e. The molecule has 1 amide bonds. The van der Waals surface area contributed by atoms with Crippen molar-refractivity contribution < 1.29 is 14.7 Å². The lowest BCUT2D eigenvalue weighted by atomic mass is 9.94. The second-order valence-electron chi connectivity index (χ2n) is 4.73. The minimum atomic E-state index is -0.993. The Labute approximate surface area is 115 Å². The van der Waals surface area contributed by atoms with Crippen LogP contribution in [0.1, 0.15) is 21.6 Å². The Kier molecular flexibility index (Phi) is 2.98. The molecule has 3 rings (SSSR count). The lowest BCUT2D eigenvalue weighted by Crippen LogP contribution is -2.48. The Hall–Kier alpha value is -2.63. The summed E-state index contributed by atoms with van der Waals surface area (Å²) < 4.78 is 0. The van der Waals surface area contributed by atoms with Crippen molar-refractivity contribution in [1.29, 1.82) is 0 Å². The van der Waals surface area contributed by atoms with E-state index in [1.165, 1.54) is 17.4 Å². The van der Waals surface area contributed by atoms with E-state index in [4.69, 9.17) is 0 Å². The number of nitrogens with one attached hydrogen (secondary N) is 1. The molecule has 1 aromatic carbocycles. The third kappa shape index (κ3) is 2.05. The Bertz CT molecular complexity index is 651. The molecule has 0 radical (unpaired) electrons. The third-order valence-electron chi connectivity index (χ3n) is 3.52. The molecule has 0 saturated carbocycles. The van der Waals surface area contributed by atoms with Crippen molar-refractivity contribution >= 4 is 11.9 Å². The van der Waals surface area contributed by atoms with E-state index in [0.717, 1.165) is 11.1 Å². The summed E-state index contributed by atoms with van der Waals surface area (Å²) in [6.07, 6.45) is 3.13. The number of nitrogens with zero attached hydrogens (tertiary/aromatic N) is 2. The van der Waals surface area contributed by atoms with E-state index in [-0.39, 0.29) is 5.91 Å². The summed E-state index contributed by atoms with van der Waals surface area (Å²) in [6.45, 7) is 0.297. The summed E-state index contributed by atoms with van der Waals surface area (Å²) in [4.78, 5) is 31.7.